The average Bonchev–Trinajstić information content (AvgIpc) is 2.28. The predicted molar refractivity (Wildman–Crippen MR) is 65.7 cm³/mol. The molecule has 0 fully saturated rings. The van der Waals surface area contributed by atoms with Crippen molar-refractivity contribution in [3.05, 3.63) is 11.6 Å². The lowest BCUT2D eigenvalue weighted by Crippen LogP contribution is -2.25. The molecule has 0 amide bonds. The lowest BCUT2D eigenvalue weighted by Gasteiger charge is -2.10. The number of carbonyl (C=O) groups is 2. The smallest absolute Gasteiger partial charge is 0.320 e. The van der Waals surface area contributed by atoms with Gasteiger partial charge in [-0.05, 0) is 39.5 Å². The monoisotopic (exact) mass is 242 g/mol. The summed E-state index contributed by atoms with van der Waals surface area (Å²) in [7, 11) is 0. The maximum atomic E-state index is 11.4. The van der Waals surface area contributed by atoms with Gasteiger partial charge in [-0.2, -0.15) is 0 Å². The molecule has 0 aliphatic heterocycles. The Morgan fingerprint density at radius 1 is 1.35 bits per heavy atom. The van der Waals surface area contributed by atoms with Crippen molar-refractivity contribution in [3.63, 3.8) is 0 Å². The fourth-order valence-electron chi connectivity index (χ4n) is 1.40. The number of hydrogen-bond acceptors (Lipinski definition) is 3. The Bertz CT molecular complexity index is 281. The first-order valence-electron chi connectivity index (χ1n) is 6.07. The zero-order valence-electron chi connectivity index (χ0n) is 10.9. The molecule has 98 valence electrons. The van der Waals surface area contributed by atoms with Crippen LogP contribution in [0.15, 0.2) is 11.6 Å². The Morgan fingerprint density at radius 3 is 2.47 bits per heavy atom. The number of rotatable bonds is 8. The number of hydrogen-bond donors (Lipinski definition) is 1. The van der Waals surface area contributed by atoms with Gasteiger partial charge in [0.15, 0.2) is 5.92 Å². The molecule has 4 heteroatoms. The first-order chi connectivity index (χ1) is 8.02. The van der Waals surface area contributed by atoms with E-state index in [0.717, 1.165) is 12.8 Å². The van der Waals surface area contributed by atoms with Crippen LogP contribution in [0.3, 0.4) is 0 Å². The first kappa shape index (κ1) is 15.7. The molecule has 1 unspecified atom stereocenters. The Hall–Kier alpha value is -1.32. The summed E-state index contributed by atoms with van der Waals surface area (Å²) in [6.07, 6.45) is 4.92. The number of unbranched alkanes of at least 4 members (excludes halogenated alkanes) is 1. The molecule has 0 saturated heterocycles. The summed E-state index contributed by atoms with van der Waals surface area (Å²) < 4.78 is 4.73. The maximum absolute atomic E-state index is 11.4. The molecule has 0 aromatic heterocycles. The topological polar surface area (TPSA) is 63.6 Å². The van der Waals surface area contributed by atoms with Crippen LogP contribution in [0, 0.1) is 5.92 Å². The van der Waals surface area contributed by atoms with Gasteiger partial charge in [-0.25, -0.2) is 0 Å². The van der Waals surface area contributed by atoms with Crippen LogP contribution < -0.4 is 0 Å². The molecular formula is C13H22O4. The molecule has 0 radical (unpaired) electrons. The number of carbonyl (C=O) groups excluding carboxylic acids is 1. The van der Waals surface area contributed by atoms with Crippen LogP contribution in [0.1, 0.15) is 46.5 Å². The minimum absolute atomic E-state index is 0.220. The molecule has 0 aromatic carbocycles. The van der Waals surface area contributed by atoms with Gasteiger partial charge in [0.1, 0.15) is 0 Å². The zero-order valence-corrected chi connectivity index (χ0v) is 10.9. The summed E-state index contributed by atoms with van der Waals surface area (Å²) in [5.41, 5.74) is 1.29. The number of carboxylic acid groups (broad SMARTS) is 1. The molecule has 0 aliphatic rings. The number of esters is 1. The molecule has 0 heterocycles. The summed E-state index contributed by atoms with van der Waals surface area (Å²) in [4.78, 5) is 22.2. The van der Waals surface area contributed by atoms with Crippen molar-refractivity contribution < 1.29 is 19.4 Å². The van der Waals surface area contributed by atoms with Crippen molar-refractivity contribution in [1.82, 2.24) is 0 Å². The summed E-state index contributed by atoms with van der Waals surface area (Å²) in [6.45, 7) is 6.01. The van der Waals surface area contributed by atoms with E-state index in [1.807, 2.05) is 6.92 Å². The van der Waals surface area contributed by atoms with Gasteiger partial charge in [0, 0.05) is 0 Å². The standard InChI is InChI=1S/C13H22O4/c1-4-10(3)8-6-7-9-11(12(14)15)13(16)17-5-2/h8,11H,4-7,9H2,1-3H3,(H,14,15). The molecule has 0 aliphatic carbocycles. The average molecular weight is 242 g/mol. The van der Waals surface area contributed by atoms with Gasteiger partial charge in [0.05, 0.1) is 6.61 Å². The Labute approximate surface area is 103 Å². The van der Waals surface area contributed by atoms with Crippen molar-refractivity contribution in [2.75, 3.05) is 6.61 Å². The van der Waals surface area contributed by atoms with Crippen molar-refractivity contribution >= 4 is 11.9 Å². The second kappa shape index (κ2) is 8.79. The maximum Gasteiger partial charge on any atom is 0.320 e. The molecule has 0 saturated carbocycles. The highest BCUT2D eigenvalue weighted by molar-refractivity contribution is 5.93. The van der Waals surface area contributed by atoms with Crippen LogP contribution in [0.5, 0.6) is 0 Å². The predicted octanol–water partition coefficient (Wildman–Crippen LogP) is 2.78. The largest absolute Gasteiger partial charge is 0.481 e. The van der Waals surface area contributed by atoms with Crippen molar-refractivity contribution in [2.45, 2.75) is 46.5 Å². The van der Waals surface area contributed by atoms with Crippen molar-refractivity contribution in [2.24, 2.45) is 5.92 Å². The third-order valence-corrected chi connectivity index (χ3v) is 2.62. The Kier molecular flexibility index (Phi) is 8.11. The van der Waals surface area contributed by atoms with Crippen LogP contribution in [-0.4, -0.2) is 23.7 Å². The SMILES string of the molecule is CCOC(=O)C(CCCC=C(C)CC)C(=O)O. The fourth-order valence-corrected chi connectivity index (χ4v) is 1.40. The van der Waals surface area contributed by atoms with E-state index >= 15 is 0 Å². The molecule has 0 aromatic rings. The van der Waals surface area contributed by atoms with Gasteiger partial charge in [-0.3, -0.25) is 9.59 Å². The summed E-state index contributed by atoms with van der Waals surface area (Å²) in [5, 5.41) is 8.91. The van der Waals surface area contributed by atoms with Crippen molar-refractivity contribution in [3.8, 4) is 0 Å². The highest BCUT2D eigenvalue weighted by atomic mass is 16.5. The van der Waals surface area contributed by atoms with E-state index in [0.29, 0.717) is 12.8 Å². The number of allylic oxidation sites excluding steroid dienone is 2. The van der Waals surface area contributed by atoms with E-state index in [9.17, 15) is 9.59 Å². The summed E-state index contributed by atoms with van der Waals surface area (Å²) >= 11 is 0. The number of aliphatic carboxylic acids is 1. The van der Waals surface area contributed by atoms with Gasteiger partial charge < -0.3 is 9.84 Å². The van der Waals surface area contributed by atoms with E-state index in [-0.39, 0.29) is 6.61 Å². The lowest BCUT2D eigenvalue weighted by molar-refractivity contribution is -0.158. The second-order valence-electron chi connectivity index (χ2n) is 3.98. The zero-order chi connectivity index (χ0) is 13.3. The van der Waals surface area contributed by atoms with E-state index in [4.69, 9.17) is 9.84 Å². The lowest BCUT2D eigenvalue weighted by atomic mass is 10.0. The van der Waals surface area contributed by atoms with Crippen LogP contribution >= 0.6 is 0 Å². The van der Waals surface area contributed by atoms with Gasteiger partial charge >= 0.3 is 11.9 Å². The van der Waals surface area contributed by atoms with Gasteiger partial charge in [-0.15, -0.1) is 0 Å². The van der Waals surface area contributed by atoms with Crippen LogP contribution in [0.2, 0.25) is 0 Å². The number of carboxylic acids is 1. The van der Waals surface area contributed by atoms with E-state index in [1.54, 1.807) is 6.92 Å². The van der Waals surface area contributed by atoms with E-state index < -0.39 is 17.9 Å². The third-order valence-electron chi connectivity index (χ3n) is 2.62. The minimum atomic E-state index is -1.10. The molecule has 0 rings (SSSR count). The molecule has 1 atom stereocenters. The Morgan fingerprint density at radius 2 is 2.00 bits per heavy atom. The molecule has 17 heavy (non-hydrogen) atoms. The van der Waals surface area contributed by atoms with Gasteiger partial charge in [-0.1, -0.05) is 18.6 Å². The molecule has 1 N–H and O–H groups in total. The van der Waals surface area contributed by atoms with Gasteiger partial charge in [0.2, 0.25) is 0 Å². The van der Waals surface area contributed by atoms with Crippen LogP contribution in [-0.2, 0) is 14.3 Å². The third kappa shape index (κ3) is 6.76. The van der Waals surface area contributed by atoms with Crippen LogP contribution in [0.4, 0.5) is 0 Å². The first-order valence-corrected chi connectivity index (χ1v) is 6.07. The van der Waals surface area contributed by atoms with Crippen molar-refractivity contribution in [1.29, 1.82) is 0 Å². The Balaban J connectivity index is 4.11. The molecule has 0 spiro atoms. The molecular weight excluding hydrogens is 220 g/mol. The molecule has 4 nitrogen and oxygen atoms in total. The van der Waals surface area contributed by atoms with E-state index in [1.165, 1.54) is 5.57 Å². The normalized spacial score (nSPS) is 13.2. The highest BCUT2D eigenvalue weighted by Crippen LogP contribution is 2.13. The number of ether oxygens (including phenoxy) is 1. The summed E-state index contributed by atoms with van der Waals surface area (Å²) in [5.74, 6) is -2.75. The minimum Gasteiger partial charge on any atom is -0.481 e. The molecule has 0 bridgehead atoms. The fraction of sp³-hybridized carbons (Fsp3) is 0.692. The quantitative estimate of drug-likeness (QED) is 0.307. The highest BCUT2D eigenvalue weighted by Gasteiger charge is 2.26. The van der Waals surface area contributed by atoms with Gasteiger partial charge in [0.25, 0.3) is 0 Å². The van der Waals surface area contributed by atoms with Crippen LogP contribution in [0.25, 0.3) is 0 Å². The summed E-state index contributed by atoms with van der Waals surface area (Å²) in [6, 6.07) is 0. The second-order valence-corrected chi connectivity index (χ2v) is 3.98. The van der Waals surface area contributed by atoms with E-state index in [2.05, 4.69) is 13.0 Å².